The summed E-state index contributed by atoms with van der Waals surface area (Å²) in [5, 5.41) is 12.4. The van der Waals surface area contributed by atoms with Gasteiger partial charge in [0.25, 0.3) is 0 Å². The van der Waals surface area contributed by atoms with Crippen LogP contribution in [0.15, 0.2) is 29.4 Å². The number of aromatic nitrogens is 1. The average molecular weight is 264 g/mol. The first-order chi connectivity index (χ1) is 9.26. The number of aliphatic hydroxyl groups is 1. The Balaban J connectivity index is 2.37. The number of aliphatic hydroxyl groups excluding tert-OH is 1. The van der Waals surface area contributed by atoms with Crippen molar-refractivity contribution in [1.29, 1.82) is 0 Å². The van der Waals surface area contributed by atoms with E-state index in [2.05, 4.69) is 22.2 Å². The lowest BCUT2D eigenvalue weighted by atomic mass is 10.0. The minimum Gasteiger partial charge on any atom is -0.396 e. The molecule has 0 saturated carbocycles. The molecule has 106 valence electrons. The van der Waals surface area contributed by atoms with E-state index in [0.717, 1.165) is 25.1 Å². The molecule has 0 fully saturated rings. The van der Waals surface area contributed by atoms with Crippen LogP contribution in [0.4, 0.5) is 0 Å². The van der Waals surface area contributed by atoms with Crippen LogP contribution in [0.2, 0.25) is 0 Å². The second kappa shape index (κ2) is 9.33. The first-order valence-corrected chi connectivity index (χ1v) is 6.80. The van der Waals surface area contributed by atoms with Gasteiger partial charge in [0.15, 0.2) is 5.96 Å². The summed E-state index contributed by atoms with van der Waals surface area (Å²) >= 11 is 0. The summed E-state index contributed by atoms with van der Waals surface area (Å²) in [5.74, 6) is 0.509. The third-order valence-electron chi connectivity index (χ3n) is 2.84. The van der Waals surface area contributed by atoms with Gasteiger partial charge in [0, 0.05) is 37.5 Å². The fourth-order valence-electron chi connectivity index (χ4n) is 1.68. The molecule has 5 heteroatoms. The fraction of sp³-hybridized carbons (Fsp3) is 0.571. The van der Waals surface area contributed by atoms with Crippen LogP contribution < -0.4 is 11.1 Å². The van der Waals surface area contributed by atoms with Crippen molar-refractivity contribution in [2.75, 3.05) is 19.7 Å². The molecule has 0 aliphatic heterocycles. The van der Waals surface area contributed by atoms with Crippen molar-refractivity contribution in [3.8, 4) is 0 Å². The van der Waals surface area contributed by atoms with Crippen molar-refractivity contribution in [2.45, 2.75) is 26.2 Å². The lowest BCUT2D eigenvalue weighted by Crippen LogP contribution is -2.33. The van der Waals surface area contributed by atoms with Crippen LogP contribution in [0.25, 0.3) is 0 Å². The van der Waals surface area contributed by atoms with Crippen LogP contribution in [0, 0.1) is 5.92 Å². The van der Waals surface area contributed by atoms with Crippen LogP contribution in [-0.2, 0) is 6.42 Å². The molecule has 4 N–H and O–H groups in total. The second-order valence-electron chi connectivity index (χ2n) is 4.58. The van der Waals surface area contributed by atoms with Crippen molar-refractivity contribution >= 4 is 5.96 Å². The highest BCUT2D eigenvalue weighted by molar-refractivity contribution is 5.77. The van der Waals surface area contributed by atoms with Crippen molar-refractivity contribution in [1.82, 2.24) is 10.3 Å². The molecule has 0 saturated heterocycles. The number of aliphatic imine (C=N–C) groups is 1. The van der Waals surface area contributed by atoms with Gasteiger partial charge in [-0.3, -0.25) is 9.98 Å². The van der Waals surface area contributed by atoms with Gasteiger partial charge in [-0.15, -0.1) is 0 Å². The molecule has 0 spiro atoms. The Labute approximate surface area is 115 Å². The minimum absolute atomic E-state index is 0.0569. The predicted molar refractivity (Wildman–Crippen MR) is 77.9 cm³/mol. The van der Waals surface area contributed by atoms with Crippen molar-refractivity contribution in [3.63, 3.8) is 0 Å². The van der Waals surface area contributed by atoms with Crippen molar-refractivity contribution in [3.05, 3.63) is 30.1 Å². The largest absolute Gasteiger partial charge is 0.396 e. The number of rotatable bonds is 8. The van der Waals surface area contributed by atoms with E-state index in [0.29, 0.717) is 18.9 Å². The van der Waals surface area contributed by atoms with Crippen molar-refractivity contribution in [2.24, 2.45) is 16.6 Å². The second-order valence-corrected chi connectivity index (χ2v) is 4.58. The molecule has 0 radical (unpaired) electrons. The van der Waals surface area contributed by atoms with Gasteiger partial charge in [0.1, 0.15) is 0 Å². The third kappa shape index (κ3) is 6.76. The molecule has 1 rings (SSSR count). The molecule has 5 nitrogen and oxygen atoms in total. The molecular weight excluding hydrogens is 240 g/mol. The Bertz CT molecular complexity index is 367. The summed E-state index contributed by atoms with van der Waals surface area (Å²) in [5.41, 5.74) is 6.72. The Hall–Kier alpha value is -1.62. The van der Waals surface area contributed by atoms with Crippen LogP contribution in [0.3, 0.4) is 0 Å². The monoisotopic (exact) mass is 264 g/mol. The molecule has 1 aromatic rings. The van der Waals surface area contributed by atoms with E-state index in [1.165, 1.54) is 0 Å². The highest BCUT2D eigenvalue weighted by atomic mass is 16.3. The van der Waals surface area contributed by atoms with Gasteiger partial charge in [-0.1, -0.05) is 19.4 Å². The number of nitrogens with zero attached hydrogens (tertiary/aromatic N) is 2. The maximum atomic E-state index is 9.36. The van der Waals surface area contributed by atoms with Gasteiger partial charge in [-0.25, -0.2) is 0 Å². The summed E-state index contributed by atoms with van der Waals surface area (Å²) in [7, 11) is 0. The lowest BCUT2D eigenvalue weighted by Gasteiger charge is -2.12. The standard InChI is InChI=1S/C14H24N4O/c1-2-3-7-17-14(15)18-10-12(11-19)9-13-6-4-5-8-16-13/h4-6,8,12,19H,2-3,7,9-11H2,1H3,(H3,15,17,18). The topological polar surface area (TPSA) is 83.5 Å². The van der Waals surface area contributed by atoms with Gasteiger partial charge in [0.2, 0.25) is 0 Å². The Morgan fingerprint density at radius 2 is 2.37 bits per heavy atom. The van der Waals surface area contributed by atoms with Crippen LogP contribution >= 0.6 is 0 Å². The SMILES string of the molecule is CCCCNC(N)=NCC(CO)Cc1ccccn1. The van der Waals surface area contributed by atoms with Gasteiger partial charge in [-0.05, 0) is 25.0 Å². The molecule has 1 unspecified atom stereocenters. The van der Waals surface area contributed by atoms with Gasteiger partial charge < -0.3 is 16.2 Å². The van der Waals surface area contributed by atoms with E-state index >= 15 is 0 Å². The third-order valence-corrected chi connectivity index (χ3v) is 2.84. The van der Waals surface area contributed by atoms with E-state index in [1.807, 2.05) is 18.2 Å². The molecule has 0 aliphatic rings. The van der Waals surface area contributed by atoms with Gasteiger partial charge in [0.05, 0.1) is 0 Å². The Kier molecular flexibility index (Phi) is 7.58. The maximum absolute atomic E-state index is 9.36. The molecule has 0 aromatic carbocycles. The zero-order valence-electron chi connectivity index (χ0n) is 11.5. The quantitative estimate of drug-likeness (QED) is 0.371. The van der Waals surface area contributed by atoms with Crippen LogP contribution in [0.5, 0.6) is 0 Å². The van der Waals surface area contributed by atoms with E-state index < -0.39 is 0 Å². The van der Waals surface area contributed by atoms with E-state index in [9.17, 15) is 5.11 Å². The summed E-state index contributed by atoms with van der Waals surface area (Å²) in [6.07, 6.45) is 4.67. The lowest BCUT2D eigenvalue weighted by molar-refractivity contribution is 0.229. The minimum atomic E-state index is 0.0569. The fourth-order valence-corrected chi connectivity index (χ4v) is 1.68. The summed E-state index contributed by atoms with van der Waals surface area (Å²) < 4.78 is 0. The number of pyridine rings is 1. The van der Waals surface area contributed by atoms with Crippen LogP contribution in [-0.4, -0.2) is 35.7 Å². The molecule has 1 heterocycles. The first-order valence-electron chi connectivity index (χ1n) is 6.80. The first kappa shape index (κ1) is 15.4. The zero-order chi connectivity index (χ0) is 13.9. The Morgan fingerprint density at radius 3 is 3.00 bits per heavy atom. The normalized spacial score (nSPS) is 13.3. The smallest absolute Gasteiger partial charge is 0.188 e. The number of guanidine groups is 1. The number of nitrogens with two attached hydrogens (primary N) is 1. The molecule has 0 amide bonds. The molecule has 1 atom stereocenters. The summed E-state index contributed by atoms with van der Waals surface area (Å²) in [6.45, 7) is 3.57. The van der Waals surface area contributed by atoms with Gasteiger partial charge >= 0.3 is 0 Å². The highest BCUT2D eigenvalue weighted by Gasteiger charge is 2.08. The van der Waals surface area contributed by atoms with Crippen LogP contribution in [0.1, 0.15) is 25.5 Å². The van der Waals surface area contributed by atoms with E-state index in [4.69, 9.17) is 5.73 Å². The van der Waals surface area contributed by atoms with E-state index in [1.54, 1.807) is 6.20 Å². The molecular formula is C14H24N4O. The molecule has 0 bridgehead atoms. The summed E-state index contributed by atoms with van der Waals surface area (Å²) in [6, 6.07) is 5.78. The van der Waals surface area contributed by atoms with Gasteiger partial charge in [-0.2, -0.15) is 0 Å². The molecule has 1 aromatic heterocycles. The van der Waals surface area contributed by atoms with E-state index in [-0.39, 0.29) is 12.5 Å². The number of hydrogen-bond acceptors (Lipinski definition) is 3. The average Bonchev–Trinajstić information content (AvgIpc) is 2.45. The number of unbranched alkanes of at least 4 members (excludes halogenated alkanes) is 1. The molecule has 19 heavy (non-hydrogen) atoms. The van der Waals surface area contributed by atoms with Crippen molar-refractivity contribution < 1.29 is 5.11 Å². The predicted octanol–water partition coefficient (Wildman–Crippen LogP) is 0.937. The number of hydrogen-bond donors (Lipinski definition) is 3. The molecule has 0 aliphatic carbocycles. The highest BCUT2D eigenvalue weighted by Crippen LogP contribution is 2.06. The Morgan fingerprint density at radius 1 is 1.53 bits per heavy atom. The summed E-state index contributed by atoms with van der Waals surface area (Å²) in [4.78, 5) is 8.51. The maximum Gasteiger partial charge on any atom is 0.188 e. The number of nitrogens with one attached hydrogen (secondary N) is 1. The zero-order valence-corrected chi connectivity index (χ0v) is 11.5.